The summed E-state index contributed by atoms with van der Waals surface area (Å²) in [4.78, 5) is 41.7. The number of aromatic amines is 1. The van der Waals surface area contributed by atoms with E-state index in [1.54, 1.807) is 44.6 Å². The lowest BCUT2D eigenvalue weighted by Crippen LogP contribution is -2.25. The highest BCUT2D eigenvalue weighted by Crippen LogP contribution is 2.28. The highest BCUT2D eigenvalue weighted by Gasteiger charge is 2.16. The van der Waals surface area contributed by atoms with Crippen molar-refractivity contribution in [3.63, 3.8) is 0 Å². The van der Waals surface area contributed by atoms with Crippen LogP contribution in [0.2, 0.25) is 0 Å². The van der Waals surface area contributed by atoms with Gasteiger partial charge in [-0.25, -0.2) is 4.39 Å². The SMILES string of the molecule is CN(C)C(=O)/C=C/CCCC(=O)Nc1cccn(Cc2cc3cc(F)cc(CC(C)(C)C)c3[nH]2)c1=O. The van der Waals surface area contributed by atoms with Gasteiger partial charge in [0.15, 0.2) is 0 Å². The number of unbranched alkanes of at least 4 members (excludes halogenated alkanes) is 1. The number of pyridine rings is 1. The van der Waals surface area contributed by atoms with Crippen LogP contribution < -0.4 is 10.9 Å². The maximum atomic E-state index is 14.2. The van der Waals surface area contributed by atoms with E-state index in [0.29, 0.717) is 19.3 Å². The van der Waals surface area contributed by atoms with Gasteiger partial charge in [0, 0.05) is 43.3 Å². The molecular formula is C28H35FN4O3. The summed E-state index contributed by atoms with van der Waals surface area (Å²) in [6, 6.07) is 8.20. The summed E-state index contributed by atoms with van der Waals surface area (Å²) in [6.07, 6.45) is 6.98. The van der Waals surface area contributed by atoms with Crippen molar-refractivity contribution < 1.29 is 14.0 Å². The first-order valence-corrected chi connectivity index (χ1v) is 12.1. The Hall–Kier alpha value is -3.68. The number of likely N-dealkylation sites (N-methyl/N-ethyl adjacent to an activating group) is 1. The van der Waals surface area contributed by atoms with Gasteiger partial charge in [-0.15, -0.1) is 0 Å². The van der Waals surface area contributed by atoms with E-state index >= 15 is 0 Å². The average molecular weight is 495 g/mol. The molecule has 3 rings (SSSR count). The van der Waals surface area contributed by atoms with Crippen molar-refractivity contribution >= 4 is 28.4 Å². The van der Waals surface area contributed by atoms with Gasteiger partial charge in [-0.3, -0.25) is 14.4 Å². The first-order chi connectivity index (χ1) is 16.9. The Labute approximate surface area is 211 Å². The van der Waals surface area contributed by atoms with Crippen LogP contribution in [0.15, 0.2) is 53.5 Å². The molecule has 0 spiro atoms. The molecule has 2 aromatic heterocycles. The number of allylic oxidation sites excluding steroid dienone is 1. The minimum atomic E-state index is -0.318. The molecule has 0 fully saturated rings. The molecule has 0 atom stereocenters. The Balaban J connectivity index is 1.68. The zero-order chi connectivity index (χ0) is 26.5. The zero-order valence-electron chi connectivity index (χ0n) is 21.7. The third kappa shape index (κ3) is 7.41. The lowest BCUT2D eigenvalue weighted by molar-refractivity contribution is -0.123. The number of halogens is 1. The summed E-state index contributed by atoms with van der Waals surface area (Å²) in [5, 5.41) is 3.46. The van der Waals surface area contributed by atoms with Gasteiger partial charge in [0.1, 0.15) is 11.5 Å². The lowest BCUT2D eigenvalue weighted by Gasteiger charge is -2.18. The van der Waals surface area contributed by atoms with Gasteiger partial charge in [0.05, 0.1) is 6.54 Å². The standard InChI is InChI=1S/C28H35FN4O3/c1-28(2,3)17-20-15-21(29)14-19-16-22(30-26(19)20)18-33-13-9-10-23(27(33)36)31-24(34)11-7-6-8-12-25(35)32(4)5/h8-10,12-16,30H,6-7,11,17-18H2,1-5H3,(H,31,34)/b12-8+. The Kier molecular flexibility index (Phi) is 8.50. The number of rotatable bonds is 9. The van der Waals surface area contributed by atoms with Crippen molar-refractivity contribution in [3.8, 4) is 0 Å². The molecule has 192 valence electrons. The molecule has 2 heterocycles. The number of anilines is 1. The molecule has 2 amide bonds. The van der Waals surface area contributed by atoms with Crippen molar-refractivity contribution in [2.75, 3.05) is 19.4 Å². The third-order valence-electron chi connectivity index (χ3n) is 5.66. The molecule has 1 aromatic carbocycles. The number of carbonyl (C=O) groups is 2. The molecule has 0 aliphatic carbocycles. The molecule has 36 heavy (non-hydrogen) atoms. The number of nitrogens with zero attached hydrogens (tertiary/aromatic N) is 2. The first kappa shape index (κ1) is 26.9. The molecule has 3 aromatic rings. The second-order valence-electron chi connectivity index (χ2n) is 10.5. The number of benzene rings is 1. The maximum absolute atomic E-state index is 14.2. The first-order valence-electron chi connectivity index (χ1n) is 12.1. The molecule has 0 unspecified atom stereocenters. The molecule has 2 N–H and O–H groups in total. The van der Waals surface area contributed by atoms with Crippen molar-refractivity contribution in [2.45, 2.75) is 53.0 Å². The quantitative estimate of drug-likeness (QED) is 0.329. The van der Waals surface area contributed by atoms with Crippen molar-refractivity contribution in [2.24, 2.45) is 5.41 Å². The fourth-order valence-electron chi connectivity index (χ4n) is 4.00. The van der Waals surface area contributed by atoms with E-state index in [1.165, 1.54) is 21.6 Å². The van der Waals surface area contributed by atoms with Gasteiger partial charge < -0.3 is 19.8 Å². The highest BCUT2D eigenvalue weighted by atomic mass is 19.1. The van der Waals surface area contributed by atoms with E-state index in [1.807, 2.05) is 6.07 Å². The number of hydrogen-bond acceptors (Lipinski definition) is 3. The second kappa shape index (κ2) is 11.4. The van der Waals surface area contributed by atoms with E-state index in [-0.39, 0.29) is 47.3 Å². The zero-order valence-corrected chi connectivity index (χ0v) is 21.7. The number of H-pyrrole nitrogens is 1. The lowest BCUT2D eigenvalue weighted by atomic mass is 9.87. The van der Waals surface area contributed by atoms with Crippen LogP contribution in [-0.4, -0.2) is 40.4 Å². The molecular weight excluding hydrogens is 459 g/mol. The topological polar surface area (TPSA) is 87.2 Å². The maximum Gasteiger partial charge on any atom is 0.274 e. The van der Waals surface area contributed by atoms with Crippen molar-refractivity contribution in [1.82, 2.24) is 14.5 Å². The third-order valence-corrected chi connectivity index (χ3v) is 5.66. The summed E-state index contributed by atoms with van der Waals surface area (Å²) in [5.41, 5.74) is 2.43. The van der Waals surface area contributed by atoms with Gasteiger partial charge >= 0.3 is 0 Å². The van der Waals surface area contributed by atoms with E-state index in [9.17, 15) is 18.8 Å². The number of fused-ring (bicyclic) bond motifs is 1. The number of nitrogens with one attached hydrogen (secondary N) is 2. The smallest absolute Gasteiger partial charge is 0.274 e. The minimum Gasteiger partial charge on any atom is -0.357 e. The van der Waals surface area contributed by atoms with Crippen molar-refractivity contribution in [1.29, 1.82) is 0 Å². The minimum absolute atomic E-state index is 0.00456. The van der Waals surface area contributed by atoms with Crippen LogP contribution >= 0.6 is 0 Å². The van der Waals surface area contributed by atoms with Crippen LogP contribution in [0.5, 0.6) is 0 Å². The van der Waals surface area contributed by atoms with Gasteiger partial charge in [0.2, 0.25) is 11.8 Å². The number of amides is 2. The monoisotopic (exact) mass is 494 g/mol. The Morgan fingerprint density at radius 1 is 1.19 bits per heavy atom. The van der Waals surface area contributed by atoms with Gasteiger partial charge in [-0.05, 0) is 66.6 Å². The molecule has 0 saturated carbocycles. The van der Waals surface area contributed by atoms with Gasteiger partial charge in [-0.2, -0.15) is 0 Å². The number of aromatic nitrogens is 2. The van der Waals surface area contributed by atoms with Gasteiger partial charge in [0.25, 0.3) is 5.56 Å². The molecule has 7 nitrogen and oxygen atoms in total. The number of carbonyl (C=O) groups excluding carboxylic acids is 2. The van der Waals surface area contributed by atoms with E-state index < -0.39 is 0 Å². The Bertz CT molecular complexity index is 1330. The van der Waals surface area contributed by atoms with E-state index in [0.717, 1.165) is 22.2 Å². The van der Waals surface area contributed by atoms with Crippen LogP contribution in [0.3, 0.4) is 0 Å². The largest absolute Gasteiger partial charge is 0.357 e. The Morgan fingerprint density at radius 2 is 1.94 bits per heavy atom. The predicted molar refractivity (Wildman–Crippen MR) is 142 cm³/mol. The van der Waals surface area contributed by atoms with Crippen LogP contribution in [0, 0.1) is 11.2 Å². The van der Waals surface area contributed by atoms with E-state index in [2.05, 4.69) is 31.1 Å². The van der Waals surface area contributed by atoms with Crippen LogP contribution in [0.4, 0.5) is 10.1 Å². The fraction of sp³-hybridized carbons (Fsp3) is 0.393. The summed E-state index contributed by atoms with van der Waals surface area (Å²) in [6.45, 7) is 6.58. The highest BCUT2D eigenvalue weighted by molar-refractivity contribution is 5.90. The molecule has 0 bridgehead atoms. The average Bonchev–Trinajstić information content (AvgIpc) is 3.17. The van der Waals surface area contributed by atoms with Crippen LogP contribution in [0.25, 0.3) is 10.9 Å². The second-order valence-corrected chi connectivity index (χ2v) is 10.5. The normalized spacial score (nSPS) is 11.8. The molecule has 0 radical (unpaired) electrons. The molecule has 8 heteroatoms. The molecule has 0 aliphatic rings. The van der Waals surface area contributed by atoms with Crippen LogP contribution in [0.1, 0.15) is 51.3 Å². The molecule has 0 saturated heterocycles. The Morgan fingerprint density at radius 3 is 2.64 bits per heavy atom. The molecule has 0 aliphatic heterocycles. The summed E-state index contributed by atoms with van der Waals surface area (Å²) < 4.78 is 15.7. The van der Waals surface area contributed by atoms with Crippen LogP contribution in [-0.2, 0) is 22.6 Å². The van der Waals surface area contributed by atoms with E-state index in [4.69, 9.17) is 0 Å². The predicted octanol–water partition coefficient (Wildman–Crippen LogP) is 4.86. The summed E-state index contributed by atoms with van der Waals surface area (Å²) in [7, 11) is 3.35. The summed E-state index contributed by atoms with van der Waals surface area (Å²) in [5.74, 6) is -0.645. The summed E-state index contributed by atoms with van der Waals surface area (Å²) >= 11 is 0. The van der Waals surface area contributed by atoms with Gasteiger partial charge in [-0.1, -0.05) is 26.8 Å². The van der Waals surface area contributed by atoms with Crippen molar-refractivity contribution in [3.05, 3.63) is 76.1 Å². The fourth-order valence-corrected chi connectivity index (χ4v) is 4.00. The number of hydrogen-bond donors (Lipinski definition) is 2.